The Kier molecular flexibility index (Phi) is 2.77. The largest absolute Gasteiger partial charge is 0.307 e. The maximum Gasteiger partial charge on any atom is 0.188 e. The molecule has 0 spiro atoms. The molecule has 0 unspecified atom stereocenters. The molecule has 5 heteroatoms. The molecular weight excluding hydrogens is 178 g/mol. The minimum Gasteiger partial charge on any atom is -0.307 e. The summed E-state index contributed by atoms with van der Waals surface area (Å²) in [5, 5.41) is 17.2. The first-order valence-electron chi connectivity index (χ1n) is 5.21. The Hall–Kier alpha value is -0.970. The Morgan fingerprint density at radius 3 is 2.86 bits per heavy atom. The third-order valence-electron chi connectivity index (χ3n) is 3.06. The molecule has 0 bridgehead atoms. The lowest BCUT2D eigenvalue weighted by Gasteiger charge is -2.38. The van der Waals surface area contributed by atoms with Crippen molar-refractivity contribution in [1.29, 1.82) is 0 Å². The van der Waals surface area contributed by atoms with Crippen LogP contribution in [0.5, 0.6) is 0 Å². The van der Waals surface area contributed by atoms with Crippen molar-refractivity contribution in [1.82, 2.24) is 25.9 Å². The van der Waals surface area contributed by atoms with Gasteiger partial charge in [0.1, 0.15) is 0 Å². The van der Waals surface area contributed by atoms with Gasteiger partial charge in [-0.05, 0) is 24.7 Å². The lowest BCUT2D eigenvalue weighted by Crippen LogP contribution is -2.42. The van der Waals surface area contributed by atoms with Crippen LogP contribution in [-0.4, -0.2) is 26.7 Å². The minimum atomic E-state index is 0.654. The second-order valence-electron chi connectivity index (χ2n) is 4.38. The second-order valence-corrected chi connectivity index (χ2v) is 4.38. The Bertz CT molecular complexity index is 263. The van der Waals surface area contributed by atoms with Crippen LogP contribution in [0.15, 0.2) is 0 Å². The number of aromatic amines is 1. The van der Waals surface area contributed by atoms with E-state index in [9.17, 15) is 0 Å². The first-order chi connectivity index (χ1) is 6.75. The molecule has 1 aliphatic carbocycles. The summed E-state index contributed by atoms with van der Waals surface area (Å²) in [4.78, 5) is 0. The van der Waals surface area contributed by atoms with Gasteiger partial charge < -0.3 is 5.32 Å². The van der Waals surface area contributed by atoms with E-state index in [1.807, 2.05) is 0 Å². The molecule has 1 aromatic heterocycles. The van der Waals surface area contributed by atoms with Gasteiger partial charge in [-0.15, -0.1) is 10.2 Å². The first kappa shape index (κ1) is 9.58. The number of nitrogens with zero attached hydrogens (tertiary/aromatic N) is 3. The molecule has 1 aliphatic rings. The van der Waals surface area contributed by atoms with E-state index in [4.69, 9.17) is 0 Å². The summed E-state index contributed by atoms with van der Waals surface area (Å²) in [6.45, 7) is 5.31. The van der Waals surface area contributed by atoms with E-state index in [0.29, 0.717) is 6.04 Å². The number of rotatable bonds is 4. The van der Waals surface area contributed by atoms with Gasteiger partial charge in [0.25, 0.3) is 0 Å². The molecule has 1 aromatic rings. The van der Waals surface area contributed by atoms with Crippen molar-refractivity contribution in [2.24, 2.45) is 11.8 Å². The van der Waals surface area contributed by atoms with Gasteiger partial charge in [-0.1, -0.05) is 19.1 Å². The van der Waals surface area contributed by atoms with Gasteiger partial charge in [-0.25, -0.2) is 0 Å². The summed E-state index contributed by atoms with van der Waals surface area (Å²) in [5.74, 6) is 2.47. The molecule has 78 valence electrons. The van der Waals surface area contributed by atoms with E-state index in [2.05, 4.69) is 39.8 Å². The molecule has 2 rings (SSSR count). The van der Waals surface area contributed by atoms with Gasteiger partial charge >= 0.3 is 0 Å². The summed E-state index contributed by atoms with van der Waals surface area (Å²) in [6.07, 6.45) is 2.57. The molecule has 0 saturated heterocycles. The molecular formula is C9H17N5. The zero-order chi connectivity index (χ0) is 9.97. The molecule has 0 aromatic carbocycles. The van der Waals surface area contributed by atoms with Crippen LogP contribution in [0.25, 0.3) is 0 Å². The molecule has 5 nitrogen and oxygen atoms in total. The van der Waals surface area contributed by atoms with E-state index in [0.717, 1.165) is 24.2 Å². The molecule has 1 heterocycles. The Labute approximate surface area is 83.7 Å². The van der Waals surface area contributed by atoms with Crippen molar-refractivity contribution in [2.45, 2.75) is 39.3 Å². The fourth-order valence-electron chi connectivity index (χ4n) is 1.87. The third kappa shape index (κ3) is 2.09. The number of aromatic nitrogens is 4. The van der Waals surface area contributed by atoms with Crippen molar-refractivity contribution in [3.63, 3.8) is 0 Å². The van der Waals surface area contributed by atoms with Crippen molar-refractivity contribution in [2.75, 3.05) is 0 Å². The Morgan fingerprint density at radius 1 is 1.50 bits per heavy atom. The van der Waals surface area contributed by atoms with Crippen LogP contribution in [0, 0.1) is 11.8 Å². The van der Waals surface area contributed by atoms with E-state index >= 15 is 0 Å². The van der Waals surface area contributed by atoms with Crippen LogP contribution in [0.3, 0.4) is 0 Å². The van der Waals surface area contributed by atoms with Crippen LogP contribution >= 0.6 is 0 Å². The fraction of sp³-hybridized carbons (Fsp3) is 0.889. The molecule has 1 fully saturated rings. The van der Waals surface area contributed by atoms with Crippen LogP contribution in [-0.2, 0) is 6.54 Å². The fourth-order valence-corrected chi connectivity index (χ4v) is 1.87. The van der Waals surface area contributed by atoms with Gasteiger partial charge in [0.05, 0.1) is 6.54 Å². The van der Waals surface area contributed by atoms with Crippen molar-refractivity contribution < 1.29 is 0 Å². The topological polar surface area (TPSA) is 66.5 Å². The molecule has 0 radical (unpaired) electrons. The number of H-pyrrole nitrogens is 1. The summed E-state index contributed by atoms with van der Waals surface area (Å²) in [7, 11) is 0. The normalized spacial score (nSPS) is 26.5. The number of hydrogen-bond acceptors (Lipinski definition) is 4. The Morgan fingerprint density at radius 2 is 2.29 bits per heavy atom. The van der Waals surface area contributed by atoms with Crippen LogP contribution in [0.4, 0.5) is 0 Å². The zero-order valence-corrected chi connectivity index (χ0v) is 8.70. The predicted octanol–water partition coefficient (Wildman–Crippen LogP) is 0.724. The molecule has 0 amide bonds. The lowest BCUT2D eigenvalue weighted by molar-refractivity contribution is 0.167. The lowest BCUT2D eigenvalue weighted by atomic mass is 9.74. The highest BCUT2D eigenvalue weighted by Gasteiger charge is 2.30. The average Bonchev–Trinajstić information content (AvgIpc) is 2.52. The second kappa shape index (κ2) is 4.04. The van der Waals surface area contributed by atoms with Crippen LogP contribution in [0.2, 0.25) is 0 Å². The first-order valence-corrected chi connectivity index (χ1v) is 5.21. The monoisotopic (exact) mass is 195 g/mol. The summed E-state index contributed by atoms with van der Waals surface area (Å²) >= 11 is 0. The molecule has 1 saturated carbocycles. The third-order valence-corrected chi connectivity index (χ3v) is 3.06. The SMILES string of the molecule is CC(C)C1CC(NCc2nn[nH]n2)C1. The van der Waals surface area contributed by atoms with Gasteiger partial charge in [0, 0.05) is 6.04 Å². The van der Waals surface area contributed by atoms with Crippen LogP contribution in [0.1, 0.15) is 32.5 Å². The van der Waals surface area contributed by atoms with E-state index in [-0.39, 0.29) is 0 Å². The van der Waals surface area contributed by atoms with Gasteiger partial charge in [-0.2, -0.15) is 5.21 Å². The van der Waals surface area contributed by atoms with Crippen molar-refractivity contribution in [3.8, 4) is 0 Å². The highest BCUT2D eigenvalue weighted by atomic mass is 15.5. The van der Waals surface area contributed by atoms with Crippen LogP contribution < -0.4 is 5.32 Å². The van der Waals surface area contributed by atoms with E-state index < -0.39 is 0 Å². The quantitative estimate of drug-likeness (QED) is 0.743. The standard InChI is InChI=1S/C9H17N5/c1-6(2)7-3-8(4-7)10-5-9-11-13-14-12-9/h6-8,10H,3-5H2,1-2H3,(H,11,12,13,14). The molecule has 2 N–H and O–H groups in total. The zero-order valence-electron chi connectivity index (χ0n) is 8.70. The average molecular weight is 195 g/mol. The minimum absolute atomic E-state index is 0.654. The summed E-state index contributed by atoms with van der Waals surface area (Å²) in [6, 6.07) is 0.654. The molecule has 0 aliphatic heterocycles. The summed E-state index contributed by atoms with van der Waals surface area (Å²) < 4.78 is 0. The van der Waals surface area contributed by atoms with Crippen molar-refractivity contribution in [3.05, 3.63) is 5.82 Å². The highest BCUT2D eigenvalue weighted by molar-refractivity contribution is 4.88. The van der Waals surface area contributed by atoms with Crippen molar-refractivity contribution >= 4 is 0 Å². The number of nitrogens with one attached hydrogen (secondary N) is 2. The molecule has 14 heavy (non-hydrogen) atoms. The van der Waals surface area contributed by atoms with Gasteiger partial charge in [-0.3, -0.25) is 0 Å². The molecule has 0 atom stereocenters. The van der Waals surface area contributed by atoms with E-state index in [1.165, 1.54) is 12.8 Å². The van der Waals surface area contributed by atoms with Gasteiger partial charge in [0.2, 0.25) is 0 Å². The summed E-state index contributed by atoms with van der Waals surface area (Å²) in [5.41, 5.74) is 0. The Balaban J connectivity index is 1.65. The van der Waals surface area contributed by atoms with E-state index in [1.54, 1.807) is 0 Å². The maximum absolute atomic E-state index is 3.89. The maximum atomic E-state index is 3.89. The highest BCUT2D eigenvalue weighted by Crippen LogP contribution is 2.33. The number of tetrazole rings is 1. The van der Waals surface area contributed by atoms with Gasteiger partial charge in [0.15, 0.2) is 5.82 Å². The number of hydrogen-bond donors (Lipinski definition) is 2. The smallest absolute Gasteiger partial charge is 0.188 e. The predicted molar refractivity (Wildman–Crippen MR) is 52.4 cm³/mol.